The Labute approximate surface area is 121 Å². The summed E-state index contributed by atoms with van der Waals surface area (Å²) in [6.07, 6.45) is 1.26. The summed E-state index contributed by atoms with van der Waals surface area (Å²) in [5.74, 6) is 3.63. The van der Waals surface area contributed by atoms with Crippen molar-refractivity contribution in [3.8, 4) is 0 Å². The second kappa shape index (κ2) is 6.62. The summed E-state index contributed by atoms with van der Waals surface area (Å²) in [5, 5.41) is 3.50. The minimum atomic E-state index is 0.136. The normalized spacial score (nSPS) is 17.3. The van der Waals surface area contributed by atoms with Gasteiger partial charge in [-0.15, -0.1) is 0 Å². The number of thioether (sulfide) groups is 1. The van der Waals surface area contributed by atoms with Crippen molar-refractivity contribution in [1.82, 2.24) is 10.3 Å². The van der Waals surface area contributed by atoms with Crippen LogP contribution in [0.2, 0.25) is 0 Å². The van der Waals surface area contributed by atoms with Gasteiger partial charge in [-0.05, 0) is 45.1 Å². The number of anilines is 1. The zero-order valence-corrected chi connectivity index (χ0v) is 13.1. The molecule has 0 spiro atoms. The third-order valence-electron chi connectivity index (χ3n) is 3.14. The Morgan fingerprint density at radius 1 is 1.26 bits per heavy atom. The van der Waals surface area contributed by atoms with E-state index in [4.69, 9.17) is 4.98 Å². The van der Waals surface area contributed by atoms with Crippen LogP contribution in [0.15, 0.2) is 18.2 Å². The molecule has 0 bridgehead atoms. The summed E-state index contributed by atoms with van der Waals surface area (Å²) in [7, 11) is 0. The lowest BCUT2D eigenvalue weighted by Gasteiger charge is -2.23. The minimum Gasteiger partial charge on any atom is -0.356 e. The van der Waals surface area contributed by atoms with Gasteiger partial charge in [-0.3, -0.25) is 0 Å². The first-order chi connectivity index (χ1) is 9.04. The molecule has 0 saturated carbocycles. The molecule has 1 N–H and O–H groups in total. The molecule has 2 heterocycles. The average molecular weight is 279 g/mol. The van der Waals surface area contributed by atoms with Crippen molar-refractivity contribution in [3.05, 3.63) is 23.9 Å². The molecule has 2 rings (SSSR count). The van der Waals surface area contributed by atoms with Gasteiger partial charge in [0.1, 0.15) is 5.82 Å². The summed E-state index contributed by atoms with van der Waals surface area (Å²) < 4.78 is 0. The van der Waals surface area contributed by atoms with E-state index in [1.165, 1.54) is 17.9 Å². The van der Waals surface area contributed by atoms with E-state index in [-0.39, 0.29) is 5.54 Å². The summed E-state index contributed by atoms with van der Waals surface area (Å²) >= 11 is 2.05. The van der Waals surface area contributed by atoms with E-state index in [9.17, 15) is 0 Å². The number of aromatic nitrogens is 1. The fourth-order valence-electron chi connectivity index (χ4n) is 2.07. The van der Waals surface area contributed by atoms with Crippen LogP contribution in [0.3, 0.4) is 0 Å². The molecule has 1 aromatic rings. The fourth-order valence-corrected chi connectivity index (χ4v) is 2.96. The second-order valence-corrected chi connectivity index (χ2v) is 7.27. The maximum Gasteiger partial charge on any atom is 0.128 e. The maximum absolute atomic E-state index is 4.80. The van der Waals surface area contributed by atoms with Crippen LogP contribution in [0.25, 0.3) is 0 Å². The van der Waals surface area contributed by atoms with Gasteiger partial charge in [0.15, 0.2) is 0 Å². The molecule has 0 unspecified atom stereocenters. The van der Waals surface area contributed by atoms with Crippen LogP contribution in [-0.2, 0) is 6.54 Å². The third kappa shape index (κ3) is 5.03. The minimum absolute atomic E-state index is 0.136. The number of hydrogen-bond donors (Lipinski definition) is 1. The highest BCUT2D eigenvalue weighted by atomic mass is 32.2. The van der Waals surface area contributed by atoms with Gasteiger partial charge in [0.05, 0.1) is 5.69 Å². The van der Waals surface area contributed by atoms with Gasteiger partial charge in [0.2, 0.25) is 0 Å². The van der Waals surface area contributed by atoms with Crippen molar-refractivity contribution in [2.24, 2.45) is 0 Å². The number of nitrogens with zero attached hydrogens (tertiary/aromatic N) is 2. The lowest BCUT2D eigenvalue weighted by Crippen LogP contribution is -2.35. The highest BCUT2D eigenvalue weighted by molar-refractivity contribution is 7.99. The molecular weight excluding hydrogens is 254 g/mol. The zero-order valence-electron chi connectivity index (χ0n) is 12.3. The van der Waals surface area contributed by atoms with E-state index in [0.717, 1.165) is 31.1 Å². The van der Waals surface area contributed by atoms with Crippen molar-refractivity contribution < 1.29 is 0 Å². The SMILES string of the molecule is CC(C)(C)NCc1cccc(N2CCCSCC2)n1. The molecule has 1 aliphatic heterocycles. The summed E-state index contributed by atoms with van der Waals surface area (Å²) in [6, 6.07) is 6.37. The van der Waals surface area contributed by atoms with E-state index in [1.54, 1.807) is 0 Å². The predicted molar refractivity (Wildman–Crippen MR) is 85.0 cm³/mol. The molecule has 106 valence electrons. The van der Waals surface area contributed by atoms with Crippen molar-refractivity contribution in [2.45, 2.75) is 39.3 Å². The van der Waals surface area contributed by atoms with E-state index < -0.39 is 0 Å². The van der Waals surface area contributed by atoms with E-state index >= 15 is 0 Å². The van der Waals surface area contributed by atoms with Gasteiger partial charge >= 0.3 is 0 Å². The van der Waals surface area contributed by atoms with Crippen molar-refractivity contribution in [3.63, 3.8) is 0 Å². The lowest BCUT2D eigenvalue weighted by atomic mass is 10.1. The van der Waals surface area contributed by atoms with Crippen LogP contribution in [0.1, 0.15) is 32.9 Å². The quantitative estimate of drug-likeness (QED) is 0.921. The standard InChI is InChI=1S/C15H25N3S/c1-15(2,3)16-12-13-6-4-7-14(17-13)18-8-5-10-19-11-9-18/h4,6-7,16H,5,8-12H2,1-3H3. The first kappa shape index (κ1) is 14.7. The summed E-state index contributed by atoms with van der Waals surface area (Å²) in [5.41, 5.74) is 1.26. The summed E-state index contributed by atoms with van der Waals surface area (Å²) in [4.78, 5) is 7.21. The molecule has 4 heteroatoms. The summed E-state index contributed by atoms with van der Waals surface area (Å²) in [6.45, 7) is 9.64. The number of rotatable bonds is 3. The van der Waals surface area contributed by atoms with Gasteiger partial charge in [0.25, 0.3) is 0 Å². The molecule has 19 heavy (non-hydrogen) atoms. The molecule has 1 aliphatic rings. The third-order valence-corrected chi connectivity index (χ3v) is 4.19. The largest absolute Gasteiger partial charge is 0.356 e. The lowest BCUT2D eigenvalue weighted by molar-refractivity contribution is 0.421. The van der Waals surface area contributed by atoms with Gasteiger partial charge in [-0.2, -0.15) is 11.8 Å². The van der Waals surface area contributed by atoms with Crippen LogP contribution in [-0.4, -0.2) is 35.1 Å². The Kier molecular flexibility index (Phi) is 5.11. The first-order valence-electron chi connectivity index (χ1n) is 7.08. The van der Waals surface area contributed by atoms with Gasteiger partial charge in [-0.25, -0.2) is 4.98 Å². The zero-order chi connectivity index (χ0) is 13.7. The fraction of sp³-hybridized carbons (Fsp3) is 0.667. The molecule has 3 nitrogen and oxygen atoms in total. The van der Waals surface area contributed by atoms with Crippen molar-refractivity contribution in [2.75, 3.05) is 29.5 Å². The Morgan fingerprint density at radius 2 is 2.11 bits per heavy atom. The molecule has 0 atom stereocenters. The van der Waals surface area contributed by atoms with E-state index in [1.807, 2.05) is 0 Å². The number of pyridine rings is 1. The molecule has 0 aliphatic carbocycles. The Balaban J connectivity index is 2.01. The van der Waals surface area contributed by atoms with Crippen LogP contribution in [0.5, 0.6) is 0 Å². The predicted octanol–water partition coefficient (Wildman–Crippen LogP) is 2.91. The molecule has 0 aromatic carbocycles. The smallest absolute Gasteiger partial charge is 0.128 e. The van der Waals surface area contributed by atoms with Crippen LogP contribution >= 0.6 is 11.8 Å². The van der Waals surface area contributed by atoms with Crippen molar-refractivity contribution in [1.29, 1.82) is 0 Å². The highest BCUT2D eigenvalue weighted by Crippen LogP contribution is 2.17. The molecule has 0 amide bonds. The monoisotopic (exact) mass is 279 g/mol. The van der Waals surface area contributed by atoms with Crippen LogP contribution in [0, 0.1) is 0 Å². The molecule has 1 saturated heterocycles. The van der Waals surface area contributed by atoms with Crippen LogP contribution in [0.4, 0.5) is 5.82 Å². The van der Waals surface area contributed by atoms with Crippen LogP contribution < -0.4 is 10.2 Å². The Morgan fingerprint density at radius 3 is 2.89 bits per heavy atom. The first-order valence-corrected chi connectivity index (χ1v) is 8.24. The molecular formula is C15H25N3S. The topological polar surface area (TPSA) is 28.2 Å². The molecule has 1 aromatic heterocycles. The Hall–Kier alpha value is -0.740. The number of hydrogen-bond acceptors (Lipinski definition) is 4. The molecule has 0 radical (unpaired) electrons. The Bertz CT molecular complexity index is 393. The maximum atomic E-state index is 4.80. The van der Waals surface area contributed by atoms with Gasteiger partial charge in [-0.1, -0.05) is 6.07 Å². The second-order valence-electron chi connectivity index (χ2n) is 6.04. The van der Waals surface area contributed by atoms with Gasteiger partial charge in [0, 0.05) is 30.9 Å². The molecule has 1 fully saturated rings. The van der Waals surface area contributed by atoms with Gasteiger partial charge < -0.3 is 10.2 Å². The number of nitrogens with one attached hydrogen (secondary N) is 1. The highest BCUT2D eigenvalue weighted by Gasteiger charge is 2.13. The van der Waals surface area contributed by atoms with E-state index in [0.29, 0.717) is 0 Å². The van der Waals surface area contributed by atoms with E-state index in [2.05, 4.69) is 60.9 Å². The van der Waals surface area contributed by atoms with Crippen molar-refractivity contribution >= 4 is 17.6 Å². The average Bonchev–Trinajstić information content (AvgIpc) is 2.65.